The third-order valence-electron chi connectivity index (χ3n) is 0.585. The number of carbonyl (C=O) groups is 2. The third-order valence-corrected chi connectivity index (χ3v) is 0.585. The van der Waals surface area contributed by atoms with Gasteiger partial charge in [-0.25, -0.2) is 4.79 Å². The van der Waals surface area contributed by atoms with Crippen LogP contribution in [-0.4, -0.2) is 41.5 Å². The van der Waals surface area contributed by atoms with Crippen LogP contribution in [0.1, 0.15) is 13.8 Å². The molecule has 10 heavy (non-hydrogen) atoms. The van der Waals surface area contributed by atoms with Gasteiger partial charge in [-0.15, -0.1) is 0 Å². The van der Waals surface area contributed by atoms with Crippen molar-refractivity contribution in [2.45, 2.75) is 13.8 Å². The first-order valence-corrected chi connectivity index (χ1v) is 2.42. The molecule has 0 aliphatic heterocycles. The molecule has 0 aromatic rings. The molecule has 0 amide bonds. The summed E-state index contributed by atoms with van der Waals surface area (Å²) in [6.45, 7) is 5.93. The van der Waals surface area contributed by atoms with E-state index in [2.05, 4.69) is 11.3 Å². The topological polar surface area (TPSA) is 43.4 Å². The van der Waals surface area contributed by atoms with Gasteiger partial charge >= 0.3 is 41.5 Å². The van der Waals surface area contributed by atoms with Crippen molar-refractivity contribution in [3.8, 4) is 0 Å². The quantitative estimate of drug-likeness (QED) is 0.230. The van der Waals surface area contributed by atoms with E-state index in [-0.39, 0.29) is 35.1 Å². The molecule has 3 nitrogen and oxygen atoms in total. The second-order valence-electron chi connectivity index (χ2n) is 1.66. The fraction of sp³-hybridized carbons (Fsp3) is 0.333. The van der Waals surface area contributed by atoms with Crippen molar-refractivity contribution in [3.63, 3.8) is 0 Å². The zero-order valence-corrected chi connectivity index (χ0v) is 5.43. The van der Waals surface area contributed by atoms with Gasteiger partial charge in [0.25, 0.3) is 0 Å². The predicted molar refractivity (Wildman–Crippen MR) is 38.7 cm³/mol. The van der Waals surface area contributed by atoms with Gasteiger partial charge in [0.05, 0.1) is 0 Å². The molecule has 0 saturated heterocycles. The molecule has 0 aromatic carbocycles. The summed E-state index contributed by atoms with van der Waals surface area (Å²) in [5, 5.41) is 0. The molecule has 0 aliphatic carbocycles. The Morgan fingerprint density at radius 3 is 1.80 bits per heavy atom. The Hall–Kier alpha value is -0.120. The summed E-state index contributed by atoms with van der Waals surface area (Å²) in [5.41, 5.74) is 0.227. The summed E-state index contributed by atoms with van der Waals surface area (Å²) in [6.07, 6.45) is 0. The van der Waals surface area contributed by atoms with Crippen LogP contribution in [0.5, 0.6) is 0 Å². The minimum absolute atomic E-state index is 0. The summed E-state index contributed by atoms with van der Waals surface area (Å²) < 4.78 is 4.13. The molecule has 0 spiro atoms. The first kappa shape index (κ1) is 12.5. The molecule has 0 atom stereocenters. The van der Waals surface area contributed by atoms with Gasteiger partial charge in [0, 0.05) is 12.5 Å². The number of ether oxygens (including phenoxy) is 1. The summed E-state index contributed by atoms with van der Waals surface area (Å²) in [7, 11) is 0. The molecule has 0 saturated carbocycles. The third kappa shape index (κ3) is 6.01. The van der Waals surface area contributed by atoms with Crippen molar-refractivity contribution >= 4 is 41.5 Å². The van der Waals surface area contributed by atoms with Crippen LogP contribution in [0, 0.1) is 0 Å². The van der Waals surface area contributed by atoms with Gasteiger partial charge in [-0.1, -0.05) is 6.58 Å². The van der Waals surface area contributed by atoms with Crippen molar-refractivity contribution in [2.24, 2.45) is 0 Å². The zero-order valence-electron chi connectivity index (χ0n) is 5.43. The van der Waals surface area contributed by atoms with Crippen molar-refractivity contribution in [3.05, 3.63) is 12.2 Å². The fourth-order valence-electron chi connectivity index (χ4n) is 0.218. The molecule has 0 N–H and O–H groups in total. The summed E-state index contributed by atoms with van der Waals surface area (Å²) >= 11 is 0. The minimum atomic E-state index is -0.664. The molecule has 4 heteroatoms. The van der Waals surface area contributed by atoms with E-state index in [9.17, 15) is 9.59 Å². The average Bonchev–Trinajstić information content (AvgIpc) is 1.63. The van der Waals surface area contributed by atoms with Crippen LogP contribution in [0.15, 0.2) is 12.2 Å². The summed E-state index contributed by atoms with van der Waals surface area (Å²) in [6, 6.07) is 0. The average molecular weight is 152 g/mol. The Balaban J connectivity index is 0. The van der Waals surface area contributed by atoms with Gasteiger partial charge in [-0.05, 0) is 6.92 Å². The summed E-state index contributed by atoms with van der Waals surface area (Å²) in [4.78, 5) is 20.5. The number of hydrogen-bond acceptors (Lipinski definition) is 3. The predicted octanol–water partition coefficient (Wildman–Crippen LogP) is 0.00370. The van der Waals surface area contributed by atoms with Crippen LogP contribution in [0.25, 0.3) is 0 Å². The van der Waals surface area contributed by atoms with Crippen LogP contribution < -0.4 is 0 Å². The summed E-state index contributed by atoms with van der Waals surface area (Å²) in [5.74, 6) is -1.27. The van der Waals surface area contributed by atoms with Crippen molar-refractivity contribution in [2.75, 3.05) is 0 Å². The van der Waals surface area contributed by atoms with E-state index >= 15 is 0 Å². The van der Waals surface area contributed by atoms with Crippen LogP contribution in [0.2, 0.25) is 0 Å². The molecule has 0 bridgehead atoms. The normalized spacial score (nSPS) is 7.40. The van der Waals surface area contributed by atoms with Gasteiger partial charge in [-0.2, -0.15) is 0 Å². The molecular formula is C6H9NaO3. The van der Waals surface area contributed by atoms with Gasteiger partial charge in [0.1, 0.15) is 0 Å². The van der Waals surface area contributed by atoms with Crippen molar-refractivity contribution < 1.29 is 14.3 Å². The molecule has 52 valence electrons. The second kappa shape index (κ2) is 5.65. The number of hydrogen-bond donors (Lipinski definition) is 0. The van der Waals surface area contributed by atoms with E-state index in [0.29, 0.717) is 0 Å². The Labute approximate surface area is 81.7 Å². The van der Waals surface area contributed by atoms with Crippen molar-refractivity contribution in [1.82, 2.24) is 0 Å². The van der Waals surface area contributed by atoms with Gasteiger partial charge in [0.2, 0.25) is 0 Å². The van der Waals surface area contributed by atoms with Crippen molar-refractivity contribution in [1.29, 1.82) is 0 Å². The Morgan fingerprint density at radius 2 is 1.70 bits per heavy atom. The molecular weight excluding hydrogens is 143 g/mol. The SMILES string of the molecule is C=C(C)C(=O)OC(C)=O.[NaH]. The van der Waals surface area contributed by atoms with E-state index in [4.69, 9.17) is 0 Å². The monoisotopic (exact) mass is 152 g/mol. The molecule has 0 aromatic heterocycles. The molecule has 0 fully saturated rings. The van der Waals surface area contributed by atoms with E-state index in [1.165, 1.54) is 13.8 Å². The number of rotatable bonds is 1. The Kier molecular flexibility index (Phi) is 7.09. The number of esters is 2. The fourth-order valence-corrected chi connectivity index (χ4v) is 0.218. The maximum atomic E-state index is 10.4. The Morgan fingerprint density at radius 1 is 1.30 bits per heavy atom. The molecule has 0 radical (unpaired) electrons. The van der Waals surface area contributed by atoms with Crippen LogP contribution in [-0.2, 0) is 14.3 Å². The second-order valence-corrected chi connectivity index (χ2v) is 1.66. The molecule has 0 heterocycles. The zero-order chi connectivity index (χ0) is 7.44. The van der Waals surface area contributed by atoms with Gasteiger partial charge in [0.15, 0.2) is 0 Å². The van der Waals surface area contributed by atoms with Crippen LogP contribution in [0.4, 0.5) is 0 Å². The van der Waals surface area contributed by atoms with Crippen LogP contribution in [0.3, 0.4) is 0 Å². The first-order valence-electron chi connectivity index (χ1n) is 2.42. The number of carbonyl (C=O) groups excluding carboxylic acids is 2. The van der Waals surface area contributed by atoms with Gasteiger partial charge < -0.3 is 4.74 Å². The molecule has 0 unspecified atom stereocenters. The van der Waals surface area contributed by atoms with Crippen LogP contribution >= 0.6 is 0 Å². The first-order chi connectivity index (χ1) is 4.04. The molecule has 0 aliphatic rings. The Bertz CT molecular complexity index is 162. The van der Waals surface area contributed by atoms with E-state index < -0.39 is 11.9 Å². The van der Waals surface area contributed by atoms with Gasteiger partial charge in [-0.3, -0.25) is 4.79 Å². The van der Waals surface area contributed by atoms with E-state index in [1.54, 1.807) is 0 Å². The van der Waals surface area contributed by atoms with E-state index in [0.717, 1.165) is 0 Å². The van der Waals surface area contributed by atoms with E-state index in [1.807, 2.05) is 0 Å². The molecule has 0 rings (SSSR count). The standard InChI is InChI=1S/C6H8O3.Na.H/c1-4(2)6(8)9-5(3)7;;/h1H2,2-3H3;;. The maximum absolute atomic E-state index is 10.4.